The van der Waals surface area contributed by atoms with E-state index in [-0.39, 0.29) is 22.0 Å². The molecule has 0 bridgehead atoms. The number of benzene rings is 1. The summed E-state index contributed by atoms with van der Waals surface area (Å²) < 4.78 is 37.5. The summed E-state index contributed by atoms with van der Waals surface area (Å²) in [6.07, 6.45) is -4.07. The maximum Gasteiger partial charge on any atom is 0.417 e. The number of amides is 1. The van der Waals surface area contributed by atoms with Gasteiger partial charge in [-0.05, 0) is 12.1 Å². The second kappa shape index (κ2) is 6.75. The van der Waals surface area contributed by atoms with Gasteiger partial charge in [-0.15, -0.1) is 0 Å². The molecule has 1 aromatic heterocycles. The van der Waals surface area contributed by atoms with Crippen molar-refractivity contribution in [1.82, 2.24) is 10.4 Å². The molecular weight excluding hydrogens is 351 g/mol. The molecule has 0 unspecified atom stereocenters. The van der Waals surface area contributed by atoms with Crippen molar-refractivity contribution in [1.29, 1.82) is 0 Å². The van der Waals surface area contributed by atoms with Crippen molar-refractivity contribution in [3.8, 4) is 0 Å². The lowest BCUT2D eigenvalue weighted by Crippen LogP contribution is -2.33. The fourth-order valence-electron chi connectivity index (χ4n) is 1.73. The number of carbonyl (C=O) groups excluding carboxylic acids is 2. The Hall–Kier alpha value is -2.81. The lowest BCUT2D eigenvalue weighted by Gasteiger charge is -2.13. The molecule has 0 aliphatic heterocycles. The van der Waals surface area contributed by atoms with E-state index >= 15 is 0 Å². The van der Waals surface area contributed by atoms with E-state index in [0.29, 0.717) is 12.3 Å². The van der Waals surface area contributed by atoms with E-state index in [9.17, 15) is 27.9 Å². The number of aromatic carboxylic acids is 1. The molecule has 2 rings (SSSR count). The third-order valence-corrected chi connectivity index (χ3v) is 3.14. The Morgan fingerprint density at radius 2 is 1.79 bits per heavy atom. The number of alkyl halides is 3. The zero-order valence-corrected chi connectivity index (χ0v) is 12.4. The number of hydrogen-bond acceptors (Lipinski definition) is 5. The van der Waals surface area contributed by atoms with E-state index in [2.05, 4.69) is 15.8 Å². The highest BCUT2D eigenvalue weighted by molar-refractivity contribution is 6.33. The van der Waals surface area contributed by atoms with Crippen LogP contribution in [0.4, 0.5) is 19.0 Å². The molecule has 0 spiro atoms. The van der Waals surface area contributed by atoms with Gasteiger partial charge in [-0.3, -0.25) is 15.6 Å². The fourth-order valence-corrected chi connectivity index (χ4v) is 1.94. The van der Waals surface area contributed by atoms with Gasteiger partial charge in [0.1, 0.15) is 0 Å². The van der Waals surface area contributed by atoms with E-state index in [1.807, 2.05) is 0 Å². The van der Waals surface area contributed by atoms with Gasteiger partial charge in [0.25, 0.3) is 5.91 Å². The number of carboxylic acids is 1. The maximum absolute atomic E-state index is 12.5. The van der Waals surface area contributed by atoms with Gasteiger partial charge < -0.3 is 9.90 Å². The summed E-state index contributed by atoms with van der Waals surface area (Å²) in [6, 6.07) is 5.89. The summed E-state index contributed by atoms with van der Waals surface area (Å²) >= 11 is 5.67. The van der Waals surface area contributed by atoms with Crippen molar-refractivity contribution < 1.29 is 27.9 Å². The number of aromatic nitrogens is 1. The summed E-state index contributed by atoms with van der Waals surface area (Å²) in [6.45, 7) is 0. The first-order chi connectivity index (χ1) is 11.2. The van der Waals surface area contributed by atoms with Crippen LogP contribution in [0.25, 0.3) is 0 Å². The van der Waals surface area contributed by atoms with Crippen molar-refractivity contribution in [2.45, 2.75) is 6.18 Å². The van der Waals surface area contributed by atoms with Crippen LogP contribution in [-0.2, 0) is 6.18 Å². The summed E-state index contributed by atoms with van der Waals surface area (Å²) in [4.78, 5) is 26.4. The van der Waals surface area contributed by atoms with Crippen LogP contribution in [0.1, 0.15) is 26.3 Å². The van der Waals surface area contributed by atoms with Crippen LogP contribution in [0.5, 0.6) is 0 Å². The monoisotopic (exact) mass is 358 g/mol. The lowest BCUT2D eigenvalue weighted by molar-refractivity contribution is -0.255. The normalized spacial score (nSPS) is 11.0. The number of nitrogens with one attached hydrogen (secondary N) is 2. The van der Waals surface area contributed by atoms with Crippen molar-refractivity contribution in [3.63, 3.8) is 0 Å². The highest BCUT2D eigenvalue weighted by Crippen LogP contribution is 2.32. The minimum Gasteiger partial charge on any atom is -0.545 e. The molecule has 0 saturated heterocycles. The average Bonchev–Trinajstić information content (AvgIpc) is 2.52. The SMILES string of the molecule is O=C([O-])c1ccccc1C(=O)NNc1ncc(C(F)(F)F)cc1Cl. The van der Waals surface area contributed by atoms with Gasteiger partial charge in [0, 0.05) is 11.8 Å². The molecule has 0 saturated carbocycles. The van der Waals surface area contributed by atoms with Crippen LogP contribution in [0.2, 0.25) is 5.02 Å². The van der Waals surface area contributed by atoms with Crippen LogP contribution >= 0.6 is 11.6 Å². The van der Waals surface area contributed by atoms with Crippen LogP contribution in [0.15, 0.2) is 36.5 Å². The van der Waals surface area contributed by atoms with Crippen molar-refractivity contribution >= 4 is 29.3 Å². The van der Waals surface area contributed by atoms with E-state index < -0.39 is 23.6 Å². The Kier molecular flexibility index (Phi) is 4.93. The van der Waals surface area contributed by atoms with Crippen molar-refractivity contribution in [3.05, 3.63) is 58.2 Å². The smallest absolute Gasteiger partial charge is 0.417 e. The first kappa shape index (κ1) is 17.5. The molecule has 6 nitrogen and oxygen atoms in total. The standard InChI is InChI=1S/C14H9ClF3N3O3/c15-10-5-7(14(16,17)18)6-19-11(10)20-21-12(22)8-3-1-2-4-9(8)13(23)24/h1-6H,(H,19,20)(H,21,22)(H,23,24)/p-1. The molecule has 24 heavy (non-hydrogen) atoms. The maximum atomic E-state index is 12.5. The number of nitrogens with zero attached hydrogens (tertiary/aromatic N) is 1. The molecule has 2 N–H and O–H groups in total. The Labute approximate surface area is 138 Å². The van der Waals surface area contributed by atoms with Crippen LogP contribution in [0.3, 0.4) is 0 Å². The first-order valence-electron chi connectivity index (χ1n) is 6.29. The Bertz CT molecular complexity index is 796. The lowest BCUT2D eigenvalue weighted by atomic mass is 10.1. The minimum absolute atomic E-state index is 0.201. The predicted octanol–water partition coefficient (Wildman–Crippen LogP) is 1.87. The third kappa shape index (κ3) is 3.93. The molecule has 10 heteroatoms. The molecular formula is C14H8ClF3N3O3-. The van der Waals surface area contributed by atoms with Gasteiger partial charge in [-0.2, -0.15) is 13.2 Å². The Balaban J connectivity index is 2.14. The minimum atomic E-state index is -4.61. The fraction of sp³-hybridized carbons (Fsp3) is 0.0714. The van der Waals surface area contributed by atoms with Crippen molar-refractivity contribution in [2.24, 2.45) is 0 Å². The second-order valence-electron chi connectivity index (χ2n) is 4.46. The topological polar surface area (TPSA) is 94.1 Å². The van der Waals surface area contributed by atoms with Gasteiger partial charge in [-0.1, -0.05) is 29.8 Å². The predicted molar refractivity (Wildman–Crippen MR) is 76.1 cm³/mol. The second-order valence-corrected chi connectivity index (χ2v) is 4.87. The molecule has 0 aliphatic rings. The number of anilines is 1. The summed E-state index contributed by atoms with van der Waals surface area (Å²) in [7, 11) is 0. The van der Waals surface area contributed by atoms with Gasteiger partial charge in [0.05, 0.1) is 22.1 Å². The molecule has 1 aromatic carbocycles. The number of halogens is 4. The Morgan fingerprint density at radius 1 is 1.17 bits per heavy atom. The number of pyridine rings is 1. The van der Waals surface area contributed by atoms with E-state index in [4.69, 9.17) is 11.6 Å². The van der Waals surface area contributed by atoms with Crippen LogP contribution < -0.4 is 16.0 Å². The molecule has 0 aliphatic carbocycles. The summed E-state index contributed by atoms with van der Waals surface area (Å²) in [5, 5.41) is 10.6. The zero-order chi connectivity index (χ0) is 17.9. The number of hydrogen-bond donors (Lipinski definition) is 2. The molecule has 0 radical (unpaired) electrons. The number of rotatable bonds is 4. The number of carbonyl (C=O) groups is 2. The van der Waals surface area contributed by atoms with E-state index in [0.717, 1.165) is 0 Å². The van der Waals surface area contributed by atoms with Crippen molar-refractivity contribution in [2.75, 3.05) is 5.43 Å². The third-order valence-electron chi connectivity index (χ3n) is 2.85. The summed E-state index contributed by atoms with van der Waals surface area (Å²) in [5.74, 6) is -2.64. The van der Waals surface area contributed by atoms with Gasteiger partial charge in [0.2, 0.25) is 0 Å². The molecule has 1 amide bonds. The molecule has 126 valence electrons. The molecule has 1 heterocycles. The van der Waals surface area contributed by atoms with E-state index in [1.165, 1.54) is 24.3 Å². The number of hydrazine groups is 1. The molecule has 0 atom stereocenters. The van der Waals surface area contributed by atoms with Crippen LogP contribution in [-0.4, -0.2) is 16.9 Å². The molecule has 2 aromatic rings. The van der Waals surface area contributed by atoms with Crippen LogP contribution in [0, 0.1) is 0 Å². The average molecular weight is 359 g/mol. The first-order valence-corrected chi connectivity index (χ1v) is 6.67. The summed E-state index contributed by atoms with van der Waals surface area (Å²) in [5.41, 5.74) is 2.74. The highest BCUT2D eigenvalue weighted by Gasteiger charge is 2.31. The Morgan fingerprint density at radius 3 is 2.33 bits per heavy atom. The van der Waals surface area contributed by atoms with E-state index in [1.54, 1.807) is 0 Å². The van der Waals surface area contributed by atoms with Gasteiger partial charge in [0.15, 0.2) is 5.82 Å². The molecule has 0 fully saturated rings. The van der Waals surface area contributed by atoms with Gasteiger partial charge >= 0.3 is 6.18 Å². The quantitative estimate of drug-likeness (QED) is 0.814. The highest BCUT2D eigenvalue weighted by atomic mass is 35.5. The van der Waals surface area contributed by atoms with Gasteiger partial charge in [-0.25, -0.2) is 4.98 Å². The largest absolute Gasteiger partial charge is 0.545 e. The zero-order valence-electron chi connectivity index (χ0n) is 11.6. The number of carboxylic acid groups (broad SMARTS) is 1.